The van der Waals surface area contributed by atoms with E-state index in [9.17, 15) is 0 Å². The number of nitrogens with one attached hydrogen (secondary N) is 2. The molecule has 1 saturated carbocycles. The van der Waals surface area contributed by atoms with Gasteiger partial charge < -0.3 is 10.3 Å². The van der Waals surface area contributed by atoms with Gasteiger partial charge in [-0.15, -0.1) is 11.8 Å². The Kier molecular flexibility index (Phi) is 3.24. The molecular weight excluding hydrogens is 234 g/mol. The largest absolute Gasteiger partial charge is 0.341 e. The Morgan fingerprint density at radius 2 is 2.29 bits per heavy atom. The molecule has 1 fully saturated rings. The van der Waals surface area contributed by atoms with Gasteiger partial charge in [0.05, 0.1) is 6.33 Å². The van der Waals surface area contributed by atoms with E-state index in [0.717, 1.165) is 34.5 Å². The number of imidazole rings is 1. The number of thioether (sulfide) groups is 1. The minimum atomic E-state index is 0.749. The molecule has 2 aromatic rings. The van der Waals surface area contributed by atoms with Gasteiger partial charge in [-0.05, 0) is 25.8 Å². The lowest BCUT2D eigenvalue weighted by Crippen LogP contribution is -2.17. The lowest BCUT2D eigenvalue weighted by molar-refractivity contribution is 0.674. The second-order valence-electron chi connectivity index (χ2n) is 4.21. The fraction of sp³-hybridized carbons (Fsp3) is 0.545. The van der Waals surface area contributed by atoms with Gasteiger partial charge in [0.15, 0.2) is 5.65 Å². The molecule has 0 saturated heterocycles. The highest BCUT2D eigenvalue weighted by Gasteiger charge is 2.19. The highest BCUT2D eigenvalue weighted by Crippen LogP contribution is 2.22. The quantitative estimate of drug-likeness (QED) is 0.462. The normalized spacial score (nSPS) is 15.5. The summed E-state index contributed by atoms with van der Waals surface area (Å²) in [4.78, 5) is 15.6. The van der Waals surface area contributed by atoms with Gasteiger partial charge in [-0.25, -0.2) is 15.0 Å². The van der Waals surface area contributed by atoms with Crippen LogP contribution >= 0.6 is 11.8 Å². The summed E-state index contributed by atoms with van der Waals surface area (Å²) in [5, 5.41) is 4.51. The number of hydrogen-bond acceptors (Lipinski definition) is 5. The maximum Gasteiger partial charge on any atom is 0.181 e. The molecule has 0 aromatic carbocycles. The van der Waals surface area contributed by atoms with Crippen molar-refractivity contribution in [3.8, 4) is 0 Å². The van der Waals surface area contributed by atoms with Crippen molar-refractivity contribution >= 4 is 22.9 Å². The third-order valence-electron chi connectivity index (χ3n) is 2.76. The zero-order valence-electron chi connectivity index (χ0n) is 9.52. The van der Waals surface area contributed by atoms with Gasteiger partial charge in [0.1, 0.15) is 16.9 Å². The van der Waals surface area contributed by atoms with E-state index < -0.39 is 0 Å². The highest BCUT2D eigenvalue weighted by molar-refractivity contribution is 7.99. The molecule has 0 radical (unpaired) electrons. The molecule has 1 aliphatic carbocycles. The number of hydrogen-bond donors (Lipinski definition) is 2. The first-order valence-electron chi connectivity index (χ1n) is 5.94. The molecule has 0 amide bonds. The SMILES string of the molecule is c1nc(SCCCNC2CC2)c2[nH]cnc2n1. The Hall–Kier alpha value is -1.14. The molecule has 3 rings (SSSR count). The van der Waals surface area contributed by atoms with Crippen LogP contribution in [0.4, 0.5) is 0 Å². The zero-order valence-corrected chi connectivity index (χ0v) is 10.3. The van der Waals surface area contributed by atoms with Crippen LogP contribution in [0.3, 0.4) is 0 Å². The molecule has 0 unspecified atom stereocenters. The van der Waals surface area contributed by atoms with Gasteiger partial charge >= 0.3 is 0 Å². The number of aromatic amines is 1. The van der Waals surface area contributed by atoms with E-state index in [0.29, 0.717) is 0 Å². The first kappa shape index (κ1) is 11.0. The molecule has 6 heteroatoms. The number of nitrogens with zero attached hydrogens (tertiary/aromatic N) is 3. The van der Waals surface area contributed by atoms with Crippen LogP contribution in [0.5, 0.6) is 0 Å². The molecule has 0 aliphatic heterocycles. The molecule has 5 nitrogen and oxygen atoms in total. The maximum absolute atomic E-state index is 4.28. The van der Waals surface area contributed by atoms with Gasteiger partial charge in [-0.3, -0.25) is 0 Å². The molecule has 17 heavy (non-hydrogen) atoms. The van der Waals surface area contributed by atoms with Crippen LogP contribution in [-0.4, -0.2) is 38.3 Å². The van der Waals surface area contributed by atoms with Crippen LogP contribution in [0.1, 0.15) is 19.3 Å². The standard InChI is InChI=1S/C11H15N5S/c1(4-12-8-2-3-8)5-17-11-9-10(14-6-13-9)15-7-16-11/h6-8,12H,1-5H2,(H,13,14,15,16). The number of fused-ring (bicyclic) bond motifs is 1. The van der Waals surface area contributed by atoms with E-state index in [1.54, 1.807) is 24.4 Å². The van der Waals surface area contributed by atoms with Crippen LogP contribution in [0.2, 0.25) is 0 Å². The van der Waals surface area contributed by atoms with Crippen molar-refractivity contribution in [2.45, 2.75) is 30.3 Å². The summed E-state index contributed by atoms with van der Waals surface area (Å²) in [6.07, 6.45) is 7.12. The predicted octanol–water partition coefficient (Wildman–Crippen LogP) is 1.59. The summed E-state index contributed by atoms with van der Waals surface area (Å²) < 4.78 is 0. The fourth-order valence-electron chi connectivity index (χ4n) is 1.69. The molecule has 1 aliphatic rings. The second kappa shape index (κ2) is 5.01. The van der Waals surface area contributed by atoms with E-state index in [4.69, 9.17) is 0 Å². The minimum Gasteiger partial charge on any atom is -0.341 e. The van der Waals surface area contributed by atoms with Crippen LogP contribution in [-0.2, 0) is 0 Å². The lowest BCUT2D eigenvalue weighted by Gasteiger charge is -2.02. The molecule has 0 bridgehead atoms. The summed E-state index contributed by atoms with van der Waals surface area (Å²) >= 11 is 1.76. The van der Waals surface area contributed by atoms with Crippen molar-refractivity contribution in [1.29, 1.82) is 0 Å². The average molecular weight is 249 g/mol. The zero-order chi connectivity index (χ0) is 11.5. The highest BCUT2D eigenvalue weighted by atomic mass is 32.2. The van der Waals surface area contributed by atoms with E-state index in [-0.39, 0.29) is 0 Å². The predicted molar refractivity (Wildman–Crippen MR) is 68.0 cm³/mol. The summed E-state index contributed by atoms with van der Waals surface area (Å²) in [7, 11) is 0. The number of rotatable bonds is 6. The Bertz CT molecular complexity index is 493. The Morgan fingerprint density at radius 1 is 1.35 bits per heavy atom. The molecule has 2 N–H and O–H groups in total. The second-order valence-corrected chi connectivity index (χ2v) is 5.29. The Labute approximate surface area is 104 Å². The summed E-state index contributed by atoms with van der Waals surface area (Å²) in [6.45, 7) is 1.11. The maximum atomic E-state index is 4.28. The molecular formula is C11H15N5S. The van der Waals surface area contributed by atoms with Crippen LogP contribution in [0, 0.1) is 0 Å². The van der Waals surface area contributed by atoms with Crippen LogP contribution in [0.25, 0.3) is 11.2 Å². The monoisotopic (exact) mass is 249 g/mol. The Morgan fingerprint density at radius 3 is 3.18 bits per heavy atom. The van der Waals surface area contributed by atoms with Crippen molar-refractivity contribution in [3.63, 3.8) is 0 Å². The van der Waals surface area contributed by atoms with Gasteiger partial charge in [-0.1, -0.05) is 0 Å². The lowest BCUT2D eigenvalue weighted by atomic mass is 10.5. The molecule has 0 atom stereocenters. The van der Waals surface area contributed by atoms with E-state index in [2.05, 4.69) is 25.3 Å². The van der Waals surface area contributed by atoms with Crippen molar-refractivity contribution in [3.05, 3.63) is 12.7 Å². The van der Waals surface area contributed by atoms with Crippen molar-refractivity contribution < 1.29 is 0 Å². The topological polar surface area (TPSA) is 66.5 Å². The summed E-state index contributed by atoms with van der Waals surface area (Å²) in [6, 6.07) is 0.804. The fourth-order valence-corrected chi connectivity index (χ4v) is 2.59. The van der Waals surface area contributed by atoms with E-state index in [1.807, 2.05) is 0 Å². The van der Waals surface area contributed by atoms with Gasteiger partial charge in [0.25, 0.3) is 0 Å². The molecule has 90 valence electrons. The summed E-state index contributed by atoms with van der Waals surface area (Å²) in [5.74, 6) is 1.07. The van der Waals surface area contributed by atoms with Gasteiger partial charge in [0.2, 0.25) is 0 Å². The van der Waals surface area contributed by atoms with Crippen molar-refractivity contribution in [1.82, 2.24) is 25.3 Å². The number of H-pyrrole nitrogens is 1. The van der Waals surface area contributed by atoms with Gasteiger partial charge in [0, 0.05) is 11.8 Å². The van der Waals surface area contributed by atoms with E-state index >= 15 is 0 Å². The molecule has 2 aromatic heterocycles. The first-order chi connectivity index (χ1) is 8.43. The van der Waals surface area contributed by atoms with Crippen molar-refractivity contribution in [2.75, 3.05) is 12.3 Å². The average Bonchev–Trinajstić information content (AvgIpc) is 3.04. The third-order valence-corrected chi connectivity index (χ3v) is 3.83. The van der Waals surface area contributed by atoms with Crippen LogP contribution < -0.4 is 5.32 Å². The smallest absolute Gasteiger partial charge is 0.181 e. The molecule has 0 spiro atoms. The van der Waals surface area contributed by atoms with E-state index in [1.165, 1.54) is 19.3 Å². The van der Waals surface area contributed by atoms with Crippen molar-refractivity contribution in [2.24, 2.45) is 0 Å². The molecule has 2 heterocycles. The van der Waals surface area contributed by atoms with Crippen LogP contribution in [0.15, 0.2) is 17.7 Å². The number of aromatic nitrogens is 4. The summed E-state index contributed by atoms with van der Waals surface area (Å²) in [5.41, 5.74) is 1.70. The van der Waals surface area contributed by atoms with Gasteiger partial charge in [-0.2, -0.15) is 0 Å². The Balaban J connectivity index is 1.51. The third kappa shape index (κ3) is 2.76. The first-order valence-corrected chi connectivity index (χ1v) is 6.92. The minimum absolute atomic E-state index is 0.749.